The fourth-order valence-corrected chi connectivity index (χ4v) is 3.71. The number of aliphatic hydroxyl groups is 1. The van der Waals surface area contributed by atoms with Crippen LogP contribution in [0, 0.1) is 23.0 Å². The van der Waals surface area contributed by atoms with Crippen molar-refractivity contribution < 1.29 is 13.9 Å². The lowest BCUT2D eigenvalue weighted by molar-refractivity contribution is -0.0368. The minimum Gasteiger partial charge on any atom is -0.381 e. The first-order valence-electron chi connectivity index (χ1n) is 9.56. The predicted octanol–water partition coefficient (Wildman–Crippen LogP) is 4.09. The molecule has 0 saturated heterocycles. The largest absolute Gasteiger partial charge is 0.381 e. The van der Waals surface area contributed by atoms with E-state index in [-0.39, 0.29) is 12.1 Å². The number of nitrogens with zero attached hydrogens (tertiary/aromatic N) is 6. The fourth-order valence-electron chi connectivity index (χ4n) is 3.55. The van der Waals surface area contributed by atoms with Crippen molar-refractivity contribution >= 4 is 11.6 Å². The molecule has 0 saturated carbocycles. The molecule has 0 aliphatic rings. The van der Waals surface area contributed by atoms with E-state index >= 15 is 0 Å². The molecular weight excluding hydrogens is 438 g/mol. The molecule has 32 heavy (non-hydrogen) atoms. The van der Waals surface area contributed by atoms with Crippen molar-refractivity contribution in [3.05, 3.63) is 89.2 Å². The number of hydrogen-bond donors (Lipinski definition) is 1. The van der Waals surface area contributed by atoms with Crippen molar-refractivity contribution in [2.24, 2.45) is 0 Å². The van der Waals surface area contributed by atoms with Crippen molar-refractivity contribution in [2.45, 2.75) is 25.1 Å². The van der Waals surface area contributed by atoms with Crippen LogP contribution in [0.3, 0.4) is 0 Å². The summed E-state index contributed by atoms with van der Waals surface area (Å²) in [6.07, 6.45) is 5.93. The van der Waals surface area contributed by atoms with E-state index in [9.17, 15) is 19.1 Å². The van der Waals surface area contributed by atoms with Gasteiger partial charge >= 0.3 is 0 Å². The third-order valence-electron chi connectivity index (χ3n) is 5.38. The summed E-state index contributed by atoms with van der Waals surface area (Å²) in [5.74, 6) is -1.64. The smallest absolute Gasteiger partial charge is 0.137 e. The number of nitriles is 1. The van der Waals surface area contributed by atoms with E-state index in [0.29, 0.717) is 21.7 Å². The Morgan fingerprint density at radius 1 is 1.19 bits per heavy atom. The Kier molecular flexibility index (Phi) is 5.74. The lowest BCUT2D eigenvalue weighted by atomic mass is 9.86. The number of halogens is 3. The normalized spacial score (nSPS) is 14.0. The second-order valence-corrected chi connectivity index (χ2v) is 7.74. The van der Waals surface area contributed by atoms with Crippen molar-refractivity contribution in [1.29, 1.82) is 5.26 Å². The van der Waals surface area contributed by atoms with Crippen LogP contribution in [0.2, 0.25) is 5.02 Å². The van der Waals surface area contributed by atoms with Gasteiger partial charge in [-0.1, -0.05) is 23.7 Å². The van der Waals surface area contributed by atoms with Gasteiger partial charge in [-0.15, -0.1) is 0 Å². The summed E-state index contributed by atoms with van der Waals surface area (Å²) in [4.78, 5) is 3.86. The molecular formula is C22H17ClF2N6O. The molecule has 0 spiro atoms. The Hall–Kier alpha value is -3.61. The number of hydrogen-bond acceptors (Lipinski definition) is 5. The molecule has 0 aliphatic carbocycles. The average Bonchev–Trinajstić information content (AvgIpc) is 3.45. The van der Waals surface area contributed by atoms with Crippen LogP contribution < -0.4 is 0 Å². The second kappa shape index (κ2) is 8.49. The quantitative estimate of drug-likeness (QED) is 0.473. The first-order valence-corrected chi connectivity index (χ1v) is 9.94. The van der Waals surface area contributed by atoms with E-state index < -0.39 is 23.3 Å². The summed E-state index contributed by atoms with van der Waals surface area (Å²) < 4.78 is 31.1. The van der Waals surface area contributed by atoms with Crippen molar-refractivity contribution in [3.8, 4) is 17.2 Å². The maximum atomic E-state index is 14.7. The molecule has 7 nitrogen and oxygen atoms in total. The summed E-state index contributed by atoms with van der Waals surface area (Å²) in [6, 6.07) is 9.26. The third-order valence-corrected chi connectivity index (χ3v) is 5.71. The summed E-state index contributed by atoms with van der Waals surface area (Å²) in [5.41, 5.74) is -0.241. The molecule has 2 atom stereocenters. The molecule has 2 aromatic carbocycles. The van der Waals surface area contributed by atoms with E-state index in [2.05, 4.69) is 15.2 Å². The maximum Gasteiger partial charge on any atom is 0.137 e. The molecule has 4 aromatic rings. The van der Waals surface area contributed by atoms with Crippen molar-refractivity contribution in [3.63, 3.8) is 0 Å². The van der Waals surface area contributed by atoms with Crippen molar-refractivity contribution in [1.82, 2.24) is 24.5 Å². The van der Waals surface area contributed by atoms with Gasteiger partial charge in [0.25, 0.3) is 0 Å². The molecule has 0 radical (unpaired) electrons. The van der Waals surface area contributed by atoms with E-state index in [1.807, 2.05) is 6.07 Å². The van der Waals surface area contributed by atoms with Crippen LogP contribution >= 0.6 is 11.6 Å². The van der Waals surface area contributed by atoms with E-state index in [4.69, 9.17) is 11.6 Å². The standard InChI is InChI=1S/C22H17ClF2N6O/c1-14(31-10-17(9-28-31)15-2-5-20(23)16(6-15)8-26)22(32,11-30-13-27-12-29-30)19-4-3-18(24)7-21(19)25/h2-7,9-10,12-14,32H,11H2,1H3/t14-,22-/m1/s1. The van der Waals surface area contributed by atoms with Gasteiger partial charge in [0.2, 0.25) is 0 Å². The highest BCUT2D eigenvalue weighted by atomic mass is 35.5. The average molecular weight is 455 g/mol. The minimum absolute atomic E-state index is 0.0998. The molecule has 2 heterocycles. The Labute approximate surface area is 187 Å². The Balaban J connectivity index is 1.75. The Morgan fingerprint density at radius 2 is 2.00 bits per heavy atom. The van der Waals surface area contributed by atoms with Gasteiger partial charge in [0.1, 0.15) is 36.0 Å². The number of rotatable bonds is 6. The lowest BCUT2D eigenvalue weighted by Crippen LogP contribution is -2.40. The van der Waals surface area contributed by atoms with Gasteiger partial charge in [-0.2, -0.15) is 15.5 Å². The van der Waals surface area contributed by atoms with Gasteiger partial charge in [-0.05, 0) is 30.7 Å². The van der Waals surface area contributed by atoms with Gasteiger partial charge < -0.3 is 5.11 Å². The van der Waals surface area contributed by atoms with Crippen LogP contribution in [0.15, 0.2) is 61.4 Å². The van der Waals surface area contributed by atoms with Gasteiger partial charge in [0, 0.05) is 23.4 Å². The van der Waals surface area contributed by atoms with E-state index in [0.717, 1.165) is 12.1 Å². The highest BCUT2D eigenvalue weighted by Crippen LogP contribution is 2.37. The van der Waals surface area contributed by atoms with Crippen LogP contribution in [0.25, 0.3) is 11.1 Å². The number of benzene rings is 2. The zero-order valence-corrected chi connectivity index (χ0v) is 17.6. The zero-order chi connectivity index (χ0) is 22.9. The SMILES string of the molecule is C[C@@H](n1cc(-c2ccc(Cl)c(C#N)c2)cn1)[C@](O)(Cn1cncn1)c1ccc(F)cc1F. The molecule has 2 aromatic heterocycles. The van der Waals surface area contributed by atoms with E-state index in [1.165, 1.54) is 28.1 Å². The predicted molar refractivity (Wildman–Crippen MR) is 112 cm³/mol. The van der Waals surface area contributed by atoms with Gasteiger partial charge in [0.15, 0.2) is 0 Å². The first-order chi connectivity index (χ1) is 15.3. The molecule has 0 fully saturated rings. The van der Waals surface area contributed by atoms with Crippen molar-refractivity contribution in [2.75, 3.05) is 0 Å². The van der Waals surface area contributed by atoms with Crippen LogP contribution in [0.1, 0.15) is 24.1 Å². The van der Waals surface area contributed by atoms with E-state index in [1.54, 1.807) is 37.5 Å². The first kappa shape index (κ1) is 21.6. The third kappa shape index (κ3) is 3.98. The maximum absolute atomic E-state index is 14.7. The topological polar surface area (TPSA) is 92.6 Å². The zero-order valence-electron chi connectivity index (χ0n) is 16.8. The summed E-state index contributed by atoms with van der Waals surface area (Å²) in [7, 11) is 0. The molecule has 4 rings (SSSR count). The summed E-state index contributed by atoms with van der Waals surface area (Å²) in [5, 5.41) is 29.6. The highest BCUT2D eigenvalue weighted by Gasteiger charge is 2.40. The Morgan fingerprint density at radius 3 is 2.69 bits per heavy atom. The molecule has 0 aliphatic heterocycles. The highest BCUT2D eigenvalue weighted by molar-refractivity contribution is 6.31. The lowest BCUT2D eigenvalue weighted by Gasteiger charge is -2.34. The summed E-state index contributed by atoms with van der Waals surface area (Å²) >= 11 is 6.01. The van der Waals surface area contributed by atoms with Gasteiger partial charge in [-0.25, -0.2) is 18.4 Å². The molecule has 1 N–H and O–H groups in total. The number of aromatic nitrogens is 5. The second-order valence-electron chi connectivity index (χ2n) is 7.33. The molecule has 0 amide bonds. The molecule has 162 valence electrons. The van der Waals surface area contributed by atoms with Crippen LogP contribution in [0.5, 0.6) is 0 Å². The van der Waals surface area contributed by atoms with Crippen LogP contribution in [-0.4, -0.2) is 29.7 Å². The summed E-state index contributed by atoms with van der Waals surface area (Å²) in [6.45, 7) is 1.52. The molecule has 0 bridgehead atoms. The van der Waals surface area contributed by atoms with Gasteiger partial charge in [-0.3, -0.25) is 4.68 Å². The molecule has 0 unspecified atom stereocenters. The van der Waals surface area contributed by atoms with Crippen LogP contribution in [-0.2, 0) is 12.1 Å². The minimum atomic E-state index is -1.84. The van der Waals surface area contributed by atoms with Crippen LogP contribution in [0.4, 0.5) is 8.78 Å². The monoisotopic (exact) mass is 454 g/mol. The molecule has 10 heteroatoms. The van der Waals surface area contributed by atoms with Gasteiger partial charge in [0.05, 0.1) is 29.4 Å². The Bertz CT molecular complexity index is 1300. The fraction of sp³-hybridized carbons (Fsp3) is 0.182.